The third-order valence-electron chi connectivity index (χ3n) is 3.67. The largest absolute Gasteiger partial charge is 0.497 e. The smallest absolute Gasteiger partial charge is 0.251 e. The Kier molecular flexibility index (Phi) is 5.36. The number of nitrogens with zero attached hydrogens (tertiary/aromatic N) is 1. The van der Waals surface area contributed by atoms with E-state index < -0.39 is 0 Å². The Bertz CT molecular complexity index is 876. The summed E-state index contributed by atoms with van der Waals surface area (Å²) in [5.41, 5.74) is 2.19. The molecule has 1 heterocycles. The molecule has 0 aliphatic heterocycles. The molecular formula is C19H17ClN2O3. The van der Waals surface area contributed by atoms with Gasteiger partial charge in [-0.05, 0) is 30.3 Å². The first-order valence-corrected chi connectivity index (χ1v) is 8.17. The number of halogens is 1. The highest BCUT2D eigenvalue weighted by Crippen LogP contribution is 2.24. The molecule has 0 bridgehead atoms. The second-order valence-corrected chi connectivity index (χ2v) is 5.87. The van der Waals surface area contributed by atoms with Crippen molar-refractivity contribution in [2.24, 2.45) is 0 Å². The molecule has 0 atom stereocenters. The van der Waals surface area contributed by atoms with Crippen molar-refractivity contribution in [1.82, 2.24) is 10.5 Å². The van der Waals surface area contributed by atoms with Crippen molar-refractivity contribution in [3.8, 4) is 17.1 Å². The lowest BCUT2D eigenvalue weighted by molar-refractivity contribution is 0.0954. The van der Waals surface area contributed by atoms with E-state index in [1.807, 2.05) is 30.3 Å². The van der Waals surface area contributed by atoms with Crippen molar-refractivity contribution >= 4 is 17.5 Å². The number of methoxy groups -OCH3 is 1. The summed E-state index contributed by atoms with van der Waals surface area (Å²) in [6.07, 6.45) is 0.569. The van der Waals surface area contributed by atoms with Gasteiger partial charge in [-0.25, -0.2) is 0 Å². The van der Waals surface area contributed by atoms with Gasteiger partial charge in [-0.1, -0.05) is 35.0 Å². The van der Waals surface area contributed by atoms with Gasteiger partial charge in [0.05, 0.1) is 12.8 Å². The highest BCUT2D eigenvalue weighted by molar-refractivity contribution is 6.30. The van der Waals surface area contributed by atoms with Crippen molar-refractivity contribution < 1.29 is 14.1 Å². The molecule has 3 rings (SSSR count). The van der Waals surface area contributed by atoms with Crippen LogP contribution in [0, 0.1) is 0 Å². The van der Waals surface area contributed by atoms with Crippen LogP contribution in [0.1, 0.15) is 16.1 Å². The maximum Gasteiger partial charge on any atom is 0.251 e. The molecule has 0 aliphatic rings. The van der Waals surface area contributed by atoms with Gasteiger partial charge in [-0.3, -0.25) is 4.79 Å². The minimum atomic E-state index is -0.168. The standard InChI is InChI=1S/C19H17ClN2O3/c1-24-17-7-3-4-13(11-17)18-12-16(22-25-18)8-9-21-19(23)14-5-2-6-15(20)10-14/h2-7,10-12H,8-9H2,1H3,(H,21,23). The number of benzene rings is 2. The molecule has 0 unspecified atom stereocenters. The van der Waals surface area contributed by atoms with E-state index in [0.717, 1.165) is 17.0 Å². The van der Waals surface area contributed by atoms with Crippen LogP contribution in [0.5, 0.6) is 5.75 Å². The Morgan fingerprint density at radius 1 is 1.20 bits per heavy atom. The second-order valence-electron chi connectivity index (χ2n) is 5.43. The number of ether oxygens (including phenoxy) is 1. The average Bonchev–Trinajstić information content (AvgIpc) is 3.10. The predicted molar refractivity (Wildman–Crippen MR) is 96.0 cm³/mol. The molecule has 0 radical (unpaired) electrons. The Balaban J connectivity index is 1.57. The fourth-order valence-electron chi connectivity index (χ4n) is 2.38. The number of hydrogen-bond acceptors (Lipinski definition) is 4. The fourth-order valence-corrected chi connectivity index (χ4v) is 2.57. The summed E-state index contributed by atoms with van der Waals surface area (Å²) in [6.45, 7) is 0.454. The molecule has 25 heavy (non-hydrogen) atoms. The molecule has 6 heteroatoms. The molecule has 0 aliphatic carbocycles. The van der Waals surface area contributed by atoms with Gasteiger partial charge in [-0.15, -0.1) is 0 Å². The van der Waals surface area contributed by atoms with Gasteiger partial charge >= 0.3 is 0 Å². The van der Waals surface area contributed by atoms with Crippen LogP contribution >= 0.6 is 11.6 Å². The quantitative estimate of drug-likeness (QED) is 0.725. The van der Waals surface area contributed by atoms with Crippen LogP contribution in [-0.2, 0) is 6.42 Å². The van der Waals surface area contributed by atoms with Crippen LogP contribution in [-0.4, -0.2) is 24.7 Å². The lowest BCUT2D eigenvalue weighted by Gasteiger charge is -2.04. The summed E-state index contributed by atoms with van der Waals surface area (Å²) in [6, 6.07) is 16.3. The molecule has 0 spiro atoms. The van der Waals surface area contributed by atoms with Crippen molar-refractivity contribution in [1.29, 1.82) is 0 Å². The summed E-state index contributed by atoms with van der Waals surface area (Å²) in [4.78, 5) is 12.1. The molecule has 0 saturated heterocycles. The Morgan fingerprint density at radius 3 is 2.84 bits per heavy atom. The Morgan fingerprint density at radius 2 is 2.04 bits per heavy atom. The summed E-state index contributed by atoms with van der Waals surface area (Å²) in [5.74, 6) is 1.25. The monoisotopic (exact) mass is 356 g/mol. The molecule has 128 valence electrons. The zero-order chi connectivity index (χ0) is 17.6. The second kappa shape index (κ2) is 7.85. The highest BCUT2D eigenvalue weighted by Gasteiger charge is 2.09. The van der Waals surface area contributed by atoms with Crippen LogP contribution in [0.25, 0.3) is 11.3 Å². The number of aromatic nitrogens is 1. The van der Waals surface area contributed by atoms with Crippen molar-refractivity contribution in [2.75, 3.05) is 13.7 Å². The predicted octanol–water partition coefficient (Wildman–Crippen LogP) is 3.98. The lowest BCUT2D eigenvalue weighted by Crippen LogP contribution is -2.25. The normalized spacial score (nSPS) is 10.5. The van der Waals surface area contributed by atoms with Crippen LogP contribution in [0.4, 0.5) is 0 Å². The summed E-state index contributed by atoms with van der Waals surface area (Å²) >= 11 is 5.89. The maximum atomic E-state index is 12.1. The maximum absolute atomic E-state index is 12.1. The third-order valence-corrected chi connectivity index (χ3v) is 3.90. The third kappa shape index (κ3) is 4.39. The average molecular weight is 357 g/mol. The number of amides is 1. The highest BCUT2D eigenvalue weighted by atomic mass is 35.5. The first-order chi connectivity index (χ1) is 12.2. The van der Waals surface area contributed by atoms with E-state index in [2.05, 4.69) is 10.5 Å². The van der Waals surface area contributed by atoms with Gasteiger partial charge in [0.2, 0.25) is 0 Å². The molecule has 0 saturated carbocycles. The van der Waals surface area contributed by atoms with Crippen LogP contribution < -0.4 is 10.1 Å². The van der Waals surface area contributed by atoms with E-state index in [9.17, 15) is 4.79 Å². The van der Waals surface area contributed by atoms with Gasteiger partial charge in [0.25, 0.3) is 5.91 Å². The van der Waals surface area contributed by atoms with E-state index in [1.165, 1.54) is 0 Å². The molecule has 5 nitrogen and oxygen atoms in total. The van der Waals surface area contributed by atoms with E-state index in [4.69, 9.17) is 20.9 Å². The lowest BCUT2D eigenvalue weighted by atomic mass is 10.1. The first-order valence-electron chi connectivity index (χ1n) is 7.79. The van der Waals surface area contributed by atoms with Gasteiger partial charge in [0, 0.05) is 35.2 Å². The number of carbonyl (C=O) groups excluding carboxylic acids is 1. The number of nitrogens with one attached hydrogen (secondary N) is 1. The van der Waals surface area contributed by atoms with Crippen LogP contribution in [0.2, 0.25) is 5.02 Å². The van der Waals surface area contributed by atoms with Gasteiger partial charge in [-0.2, -0.15) is 0 Å². The summed E-state index contributed by atoms with van der Waals surface area (Å²) in [7, 11) is 1.62. The molecule has 2 aromatic carbocycles. The van der Waals surface area contributed by atoms with E-state index in [0.29, 0.717) is 29.3 Å². The van der Waals surface area contributed by atoms with Crippen molar-refractivity contribution in [3.63, 3.8) is 0 Å². The van der Waals surface area contributed by atoms with Crippen molar-refractivity contribution in [3.05, 3.63) is 70.9 Å². The van der Waals surface area contributed by atoms with Crippen molar-refractivity contribution in [2.45, 2.75) is 6.42 Å². The summed E-state index contributed by atoms with van der Waals surface area (Å²) in [5, 5.41) is 7.42. The van der Waals surface area contributed by atoms with Gasteiger partial charge in [0.15, 0.2) is 5.76 Å². The molecule has 1 aromatic heterocycles. The van der Waals surface area contributed by atoms with E-state index >= 15 is 0 Å². The van der Waals surface area contributed by atoms with Gasteiger partial charge < -0.3 is 14.6 Å². The number of carbonyl (C=O) groups is 1. The zero-order valence-electron chi connectivity index (χ0n) is 13.7. The SMILES string of the molecule is COc1cccc(-c2cc(CCNC(=O)c3cccc(Cl)c3)no2)c1. The molecule has 1 N–H and O–H groups in total. The molecule has 1 amide bonds. The molecular weight excluding hydrogens is 340 g/mol. The number of rotatable bonds is 6. The Hall–Kier alpha value is -2.79. The molecule has 3 aromatic rings. The van der Waals surface area contributed by atoms with Crippen LogP contribution in [0.15, 0.2) is 59.1 Å². The van der Waals surface area contributed by atoms with Gasteiger partial charge in [0.1, 0.15) is 5.75 Å². The minimum absolute atomic E-state index is 0.168. The minimum Gasteiger partial charge on any atom is -0.497 e. The summed E-state index contributed by atoms with van der Waals surface area (Å²) < 4.78 is 10.6. The topological polar surface area (TPSA) is 64.4 Å². The van der Waals surface area contributed by atoms with E-state index in [-0.39, 0.29) is 5.91 Å². The van der Waals surface area contributed by atoms with Crippen LogP contribution in [0.3, 0.4) is 0 Å². The number of hydrogen-bond donors (Lipinski definition) is 1. The molecule has 0 fully saturated rings. The zero-order valence-corrected chi connectivity index (χ0v) is 14.4. The fraction of sp³-hybridized carbons (Fsp3) is 0.158. The first kappa shape index (κ1) is 17.0. The van der Waals surface area contributed by atoms with E-state index in [1.54, 1.807) is 31.4 Å². The Labute approximate surface area is 150 Å².